The number of imidazole rings is 1. The third-order valence-electron chi connectivity index (χ3n) is 4.66. The van der Waals surface area contributed by atoms with Crippen LogP contribution in [0.1, 0.15) is 25.2 Å². The average molecular weight is 429 g/mol. The second kappa shape index (κ2) is 7.21. The second-order valence-corrected chi connectivity index (χ2v) is 7.55. The molecule has 154 valence electrons. The standard InChI is InChI=1S/C19H17ClN6O4/c1-19(2,28)18-23-16(30-24-18)13-15-17(27)25(6-7-29-3)14-10(8-21)11(20)4-5-12(14)26(15)9-22-13/h4-5,9,28H,6-7H2,1-3H3. The maximum Gasteiger partial charge on any atom is 0.279 e. The Hall–Kier alpha value is -3.26. The fourth-order valence-electron chi connectivity index (χ4n) is 3.21. The Kier molecular flexibility index (Phi) is 4.82. The van der Waals surface area contributed by atoms with Gasteiger partial charge >= 0.3 is 0 Å². The highest BCUT2D eigenvalue weighted by molar-refractivity contribution is 6.32. The SMILES string of the molecule is COCCn1c(=O)c2c(-c3nc(C(C)(C)O)no3)ncn2c2ccc(Cl)c(C#N)c21. The zero-order valence-electron chi connectivity index (χ0n) is 16.4. The topological polar surface area (TPSA) is 131 Å². The third kappa shape index (κ3) is 3.04. The number of ether oxygens (including phenoxy) is 1. The third-order valence-corrected chi connectivity index (χ3v) is 4.97. The summed E-state index contributed by atoms with van der Waals surface area (Å²) >= 11 is 6.21. The lowest BCUT2D eigenvalue weighted by molar-refractivity contribution is 0.0661. The quantitative estimate of drug-likeness (QED) is 0.511. The average Bonchev–Trinajstić information content (AvgIpc) is 3.35. The molecule has 0 unspecified atom stereocenters. The van der Waals surface area contributed by atoms with Gasteiger partial charge in [-0.15, -0.1) is 0 Å². The number of nitrogens with zero attached hydrogens (tertiary/aromatic N) is 6. The minimum absolute atomic E-state index is 0.00108. The zero-order valence-corrected chi connectivity index (χ0v) is 17.1. The highest BCUT2D eigenvalue weighted by Gasteiger charge is 2.27. The predicted molar refractivity (Wildman–Crippen MR) is 107 cm³/mol. The van der Waals surface area contributed by atoms with Crippen LogP contribution in [0.25, 0.3) is 28.1 Å². The van der Waals surface area contributed by atoms with Crippen LogP contribution in [0.3, 0.4) is 0 Å². The molecule has 10 nitrogen and oxygen atoms in total. The number of fused-ring (bicyclic) bond motifs is 3. The van der Waals surface area contributed by atoms with E-state index in [0.29, 0.717) is 11.0 Å². The Morgan fingerprint density at radius 1 is 1.37 bits per heavy atom. The molecule has 4 rings (SSSR count). The number of rotatable bonds is 5. The molecule has 0 fully saturated rings. The summed E-state index contributed by atoms with van der Waals surface area (Å²) in [5, 5.41) is 23.7. The molecule has 1 aromatic carbocycles. The van der Waals surface area contributed by atoms with E-state index in [1.165, 1.54) is 31.9 Å². The van der Waals surface area contributed by atoms with Gasteiger partial charge < -0.3 is 18.9 Å². The summed E-state index contributed by atoms with van der Waals surface area (Å²) in [6.45, 7) is 3.48. The van der Waals surface area contributed by atoms with E-state index in [1.807, 2.05) is 0 Å². The van der Waals surface area contributed by atoms with Gasteiger partial charge in [0.2, 0.25) is 5.82 Å². The van der Waals surface area contributed by atoms with Crippen molar-refractivity contribution >= 4 is 28.2 Å². The number of hydrogen-bond donors (Lipinski definition) is 1. The van der Waals surface area contributed by atoms with Crippen molar-refractivity contribution in [2.75, 3.05) is 13.7 Å². The highest BCUT2D eigenvalue weighted by atomic mass is 35.5. The van der Waals surface area contributed by atoms with Crippen LogP contribution in [-0.4, -0.2) is 42.9 Å². The van der Waals surface area contributed by atoms with Gasteiger partial charge in [0.25, 0.3) is 11.4 Å². The van der Waals surface area contributed by atoms with Crippen molar-refractivity contribution in [2.24, 2.45) is 0 Å². The van der Waals surface area contributed by atoms with Crippen molar-refractivity contribution in [3.8, 4) is 17.7 Å². The van der Waals surface area contributed by atoms with E-state index >= 15 is 0 Å². The number of nitriles is 1. The van der Waals surface area contributed by atoms with Gasteiger partial charge in [-0.2, -0.15) is 10.2 Å². The van der Waals surface area contributed by atoms with E-state index in [4.69, 9.17) is 20.9 Å². The van der Waals surface area contributed by atoms with Gasteiger partial charge in [0.05, 0.1) is 28.2 Å². The van der Waals surface area contributed by atoms with E-state index in [2.05, 4.69) is 21.2 Å². The van der Waals surface area contributed by atoms with Crippen LogP contribution in [0.2, 0.25) is 5.02 Å². The summed E-state index contributed by atoms with van der Waals surface area (Å²) in [4.78, 5) is 21.9. The van der Waals surface area contributed by atoms with Crippen molar-refractivity contribution in [1.82, 2.24) is 24.1 Å². The van der Waals surface area contributed by atoms with Gasteiger partial charge in [0, 0.05) is 13.7 Å². The van der Waals surface area contributed by atoms with Crippen molar-refractivity contribution in [3.05, 3.63) is 45.2 Å². The molecule has 0 radical (unpaired) electrons. The molecule has 0 bridgehead atoms. The summed E-state index contributed by atoms with van der Waals surface area (Å²) in [7, 11) is 1.52. The van der Waals surface area contributed by atoms with Crippen LogP contribution in [0.4, 0.5) is 0 Å². The fraction of sp³-hybridized carbons (Fsp3) is 0.316. The van der Waals surface area contributed by atoms with Crippen LogP contribution in [0.5, 0.6) is 0 Å². The van der Waals surface area contributed by atoms with Gasteiger partial charge in [-0.25, -0.2) is 4.98 Å². The molecule has 0 saturated carbocycles. The molecule has 30 heavy (non-hydrogen) atoms. The zero-order chi connectivity index (χ0) is 21.6. The van der Waals surface area contributed by atoms with Crippen molar-refractivity contribution < 1.29 is 14.4 Å². The van der Waals surface area contributed by atoms with Crippen molar-refractivity contribution in [3.63, 3.8) is 0 Å². The van der Waals surface area contributed by atoms with Crippen LogP contribution in [-0.2, 0) is 16.9 Å². The number of benzene rings is 1. The molecule has 3 aromatic heterocycles. The summed E-state index contributed by atoms with van der Waals surface area (Å²) in [5.74, 6) is 0.0662. The molecule has 0 atom stereocenters. The monoisotopic (exact) mass is 428 g/mol. The van der Waals surface area contributed by atoms with E-state index < -0.39 is 11.2 Å². The Labute approximate surface area is 174 Å². The smallest absolute Gasteiger partial charge is 0.279 e. The van der Waals surface area contributed by atoms with Gasteiger partial charge in [-0.1, -0.05) is 16.8 Å². The number of halogens is 1. The molecule has 3 heterocycles. The Balaban J connectivity index is 2.09. The number of hydrogen-bond acceptors (Lipinski definition) is 8. The molecule has 1 N–H and O–H groups in total. The molecule has 4 aromatic rings. The molecule has 0 spiro atoms. The second-order valence-electron chi connectivity index (χ2n) is 7.15. The molecule has 0 saturated heterocycles. The molecule has 0 aliphatic rings. The molecule has 0 aliphatic carbocycles. The molecule has 0 aliphatic heterocycles. The van der Waals surface area contributed by atoms with Gasteiger partial charge in [0.15, 0.2) is 5.69 Å². The van der Waals surface area contributed by atoms with Gasteiger partial charge in [-0.3, -0.25) is 9.20 Å². The van der Waals surface area contributed by atoms with Gasteiger partial charge in [0.1, 0.15) is 23.5 Å². The Morgan fingerprint density at radius 2 is 2.13 bits per heavy atom. The van der Waals surface area contributed by atoms with Gasteiger partial charge in [-0.05, 0) is 26.0 Å². The van der Waals surface area contributed by atoms with Crippen LogP contribution < -0.4 is 5.56 Å². The lowest BCUT2D eigenvalue weighted by atomic mass is 10.1. The lowest BCUT2D eigenvalue weighted by Crippen LogP contribution is -2.25. The first kappa shape index (κ1) is 20.0. The maximum absolute atomic E-state index is 13.4. The Bertz CT molecular complexity index is 1370. The van der Waals surface area contributed by atoms with E-state index in [0.717, 1.165) is 0 Å². The Morgan fingerprint density at radius 3 is 2.77 bits per heavy atom. The highest BCUT2D eigenvalue weighted by Crippen LogP contribution is 2.29. The summed E-state index contributed by atoms with van der Waals surface area (Å²) < 4.78 is 13.4. The first-order valence-corrected chi connectivity index (χ1v) is 9.33. The molecule has 0 amide bonds. The number of aliphatic hydroxyl groups is 1. The minimum Gasteiger partial charge on any atom is -0.383 e. The minimum atomic E-state index is -1.32. The first-order valence-electron chi connectivity index (χ1n) is 8.96. The molecular formula is C19H17ClN6O4. The van der Waals surface area contributed by atoms with Crippen LogP contribution in [0, 0.1) is 11.3 Å². The lowest BCUT2D eigenvalue weighted by Gasteiger charge is -2.14. The summed E-state index contributed by atoms with van der Waals surface area (Å²) in [6, 6.07) is 5.36. The van der Waals surface area contributed by atoms with Crippen molar-refractivity contribution in [2.45, 2.75) is 26.0 Å². The van der Waals surface area contributed by atoms with Crippen LogP contribution >= 0.6 is 11.6 Å². The predicted octanol–water partition coefficient (Wildman–Crippen LogP) is 2.10. The summed E-state index contributed by atoms with van der Waals surface area (Å²) in [5.41, 5.74) is -0.259. The molecule has 11 heteroatoms. The summed E-state index contributed by atoms with van der Waals surface area (Å²) in [6.07, 6.45) is 1.44. The van der Waals surface area contributed by atoms with E-state index in [-0.39, 0.29) is 46.7 Å². The normalized spacial score (nSPS) is 12.0. The number of aromatic nitrogens is 5. The van der Waals surface area contributed by atoms with Crippen LogP contribution in [0.15, 0.2) is 27.8 Å². The largest absolute Gasteiger partial charge is 0.383 e. The van der Waals surface area contributed by atoms with Crippen molar-refractivity contribution in [1.29, 1.82) is 5.26 Å². The van der Waals surface area contributed by atoms with E-state index in [9.17, 15) is 15.2 Å². The molecular weight excluding hydrogens is 412 g/mol. The maximum atomic E-state index is 13.4. The first-order chi connectivity index (χ1) is 14.3. The van der Waals surface area contributed by atoms with E-state index in [1.54, 1.807) is 16.5 Å². The fourth-order valence-corrected chi connectivity index (χ4v) is 3.41. The number of methoxy groups -OCH3 is 1.